The first kappa shape index (κ1) is 20.2. The third-order valence-electron chi connectivity index (χ3n) is 4.76. The Balaban J connectivity index is 1.40. The quantitative estimate of drug-likeness (QED) is 0.424. The number of carbonyl (C=O) groups excluding carboxylic acids is 2. The summed E-state index contributed by atoms with van der Waals surface area (Å²) in [5.41, 5.74) is 1.88. The molecule has 0 aliphatic rings. The standard InChI is InChI=1S/C25H22N2O4/c28-24(18-9-3-1-4-10-18)26-15-16-27-25(29)23-21(17-30-19-11-5-2-6-12-19)20-13-7-8-14-22(20)31-23/h1-14H,15-17H2,(H,26,28)(H,27,29). The fraction of sp³-hybridized carbons (Fsp3) is 0.120. The van der Waals surface area contributed by atoms with E-state index in [4.69, 9.17) is 9.15 Å². The lowest BCUT2D eigenvalue weighted by molar-refractivity contribution is 0.0910. The van der Waals surface area contributed by atoms with E-state index in [0.717, 1.165) is 5.39 Å². The first-order valence-electron chi connectivity index (χ1n) is 10.0. The Morgan fingerprint density at radius 2 is 1.35 bits per heavy atom. The average molecular weight is 414 g/mol. The highest BCUT2D eigenvalue weighted by atomic mass is 16.5. The number of furan rings is 1. The Labute approximate surface area is 179 Å². The number of hydrogen-bond acceptors (Lipinski definition) is 4. The van der Waals surface area contributed by atoms with E-state index in [9.17, 15) is 9.59 Å². The van der Waals surface area contributed by atoms with Crippen molar-refractivity contribution in [2.75, 3.05) is 13.1 Å². The van der Waals surface area contributed by atoms with Gasteiger partial charge in [-0.25, -0.2) is 0 Å². The molecule has 31 heavy (non-hydrogen) atoms. The summed E-state index contributed by atoms with van der Waals surface area (Å²) in [4.78, 5) is 24.9. The highest BCUT2D eigenvalue weighted by molar-refractivity contribution is 5.99. The van der Waals surface area contributed by atoms with Gasteiger partial charge in [0.25, 0.3) is 11.8 Å². The van der Waals surface area contributed by atoms with Crippen LogP contribution in [0.2, 0.25) is 0 Å². The lowest BCUT2D eigenvalue weighted by Gasteiger charge is -2.08. The molecule has 6 heteroatoms. The van der Waals surface area contributed by atoms with Crippen LogP contribution in [-0.2, 0) is 6.61 Å². The molecule has 1 heterocycles. The number of nitrogens with one attached hydrogen (secondary N) is 2. The third-order valence-corrected chi connectivity index (χ3v) is 4.76. The van der Waals surface area contributed by atoms with E-state index in [2.05, 4.69) is 10.6 Å². The molecule has 0 unspecified atom stereocenters. The van der Waals surface area contributed by atoms with Crippen molar-refractivity contribution in [1.29, 1.82) is 0 Å². The van der Waals surface area contributed by atoms with Crippen LogP contribution in [0, 0.1) is 0 Å². The van der Waals surface area contributed by atoms with E-state index >= 15 is 0 Å². The lowest BCUT2D eigenvalue weighted by Crippen LogP contribution is -2.34. The van der Waals surface area contributed by atoms with Gasteiger partial charge in [-0.1, -0.05) is 54.6 Å². The molecule has 0 saturated carbocycles. The first-order chi connectivity index (χ1) is 15.2. The Bertz CT molecular complexity index is 1170. The fourth-order valence-corrected chi connectivity index (χ4v) is 3.22. The van der Waals surface area contributed by atoms with Gasteiger partial charge >= 0.3 is 0 Å². The van der Waals surface area contributed by atoms with Crippen molar-refractivity contribution in [3.05, 3.63) is 102 Å². The summed E-state index contributed by atoms with van der Waals surface area (Å²) in [5.74, 6) is 0.390. The summed E-state index contributed by atoms with van der Waals surface area (Å²) in [7, 11) is 0. The van der Waals surface area contributed by atoms with E-state index in [0.29, 0.717) is 29.0 Å². The number of benzene rings is 3. The van der Waals surface area contributed by atoms with Crippen LogP contribution in [0.3, 0.4) is 0 Å². The van der Waals surface area contributed by atoms with Gasteiger partial charge in [0.2, 0.25) is 0 Å². The second-order valence-electron chi connectivity index (χ2n) is 6.89. The monoisotopic (exact) mass is 414 g/mol. The van der Waals surface area contributed by atoms with Crippen LogP contribution in [0.4, 0.5) is 0 Å². The second-order valence-corrected chi connectivity index (χ2v) is 6.89. The normalized spacial score (nSPS) is 10.6. The number of hydrogen-bond donors (Lipinski definition) is 2. The maximum atomic E-state index is 12.8. The van der Waals surface area contributed by atoms with Crippen LogP contribution < -0.4 is 15.4 Å². The van der Waals surface area contributed by atoms with Crippen molar-refractivity contribution in [3.63, 3.8) is 0 Å². The number of para-hydroxylation sites is 2. The van der Waals surface area contributed by atoms with Crippen LogP contribution in [0.15, 0.2) is 89.3 Å². The Hall–Kier alpha value is -4.06. The van der Waals surface area contributed by atoms with E-state index in [-0.39, 0.29) is 30.7 Å². The summed E-state index contributed by atoms with van der Waals surface area (Å²) in [6.45, 7) is 0.775. The average Bonchev–Trinajstić information content (AvgIpc) is 3.20. The summed E-state index contributed by atoms with van der Waals surface area (Å²) in [6, 6.07) is 25.8. The van der Waals surface area contributed by atoms with Gasteiger partial charge in [-0.15, -0.1) is 0 Å². The van der Waals surface area contributed by atoms with E-state index in [1.807, 2.05) is 60.7 Å². The molecule has 6 nitrogen and oxygen atoms in total. The van der Waals surface area contributed by atoms with Gasteiger partial charge in [0, 0.05) is 29.6 Å². The number of amides is 2. The molecule has 0 fully saturated rings. The summed E-state index contributed by atoms with van der Waals surface area (Å²) >= 11 is 0. The van der Waals surface area contributed by atoms with E-state index < -0.39 is 0 Å². The number of rotatable bonds is 8. The minimum Gasteiger partial charge on any atom is -0.489 e. The summed E-state index contributed by atoms with van der Waals surface area (Å²) in [5, 5.41) is 6.42. The zero-order chi connectivity index (χ0) is 21.5. The summed E-state index contributed by atoms with van der Waals surface area (Å²) in [6.07, 6.45) is 0. The minimum absolute atomic E-state index is 0.185. The van der Waals surface area contributed by atoms with Gasteiger partial charge in [-0.3, -0.25) is 9.59 Å². The van der Waals surface area contributed by atoms with Gasteiger partial charge in [-0.2, -0.15) is 0 Å². The molecule has 0 saturated heterocycles. The van der Waals surface area contributed by atoms with E-state index in [1.54, 1.807) is 24.3 Å². The zero-order valence-corrected chi connectivity index (χ0v) is 16.8. The Morgan fingerprint density at radius 3 is 2.10 bits per heavy atom. The molecule has 0 aliphatic carbocycles. The van der Waals surface area contributed by atoms with Crippen LogP contribution in [-0.4, -0.2) is 24.9 Å². The number of carbonyl (C=O) groups is 2. The molecule has 0 bridgehead atoms. The molecule has 0 radical (unpaired) electrons. The second kappa shape index (κ2) is 9.63. The van der Waals surface area contributed by atoms with Crippen molar-refractivity contribution in [2.24, 2.45) is 0 Å². The smallest absolute Gasteiger partial charge is 0.287 e. The molecule has 0 aliphatic heterocycles. The van der Waals surface area contributed by atoms with Crippen molar-refractivity contribution < 1.29 is 18.7 Å². The molecule has 2 N–H and O–H groups in total. The highest BCUT2D eigenvalue weighted by Gasteiger charge is 2.20. The van der Waals surface area contributed by atoms with Crippen molar-refractivity contribution in [1.82, 2.24) is 10.6 Å². The van der Waals surface area contributed by atoms with Crippen molar-refractivity contribution in [3.8, 4) is 5.75 Å². The van der Waals surface area contributed by atoms with Gasteiger partial charge in [0.05, 0.1) is 0 Å². The van der Waals surface area contributed by atoms with Gasteiger partial charge in [-0.05, 0) is 30.3 Å². The summed E-state index contributed by atoms with van der Waals surface area (Å²) < 4.78 is 11.7. The van der Waals surface area contributed by atoms with E-state index in [1.165, 1.54) is 0 Å². The topological polar surface area (TPSA) is 80.6 Å². The van der Waals surface area contributed by atoms with Crippen molar-refractivity contribution in [2.45, 2.75) is 6.61 Å². The molecule has 1 aromatic heterocycles. The third kappa shape index (κ3) is 4.93. The molecule has 2 amide bonds. The fourth-order valence-electron chi connectivity index (χ4n) is 3.22. The molecule has 0 atom stereocenters. The maximum Gasteiger partial charge on any atom is 0.287 e. The first-order valence-corrected chi connectivity index (χ1v) is 10.0. The number of ether oxygens (including phenoxy) is 1. The van der Waals surface area contributed by atoms with Gasteiger partial charge < -0.3 is 19.8 Å². The molecular weight excluding hydrogens is 392 g/mol. The van der Waals surface area contributed by atoms with Crippen LogP contribution in [0.5, 0.6) is 5.75 Å². The molecular formula is C25H22N2O4. The highest BCUT2D eigenvalue weighted by Crippen LogP contribution is 2.27. The number of fused-ring (bicyclic) bond motifs is 1. The molecule has 3 aromatic carbocycles. The van der Waals surface area contributed by atoms with Gasteiger partial charge in [0.15, 0.2) is 5.76 Å². The Kier molecular flexibility index (Phi) is 6.28. The molecule has 4 rings (SSSR count). The molecule has 156 valence electrons. The lowest BCUT2D eigenvalue weighted by atomic mass is 10.1. The predicted octanol–water partition coefficient (Wildman–Crippen LogP) is 4.17. The van der Waals surface area contributed by atoms with Crippen molar-refractivity contribution >= 4 is 22.8 Å². The Morgan fingerprint density at radius 1 is 0.742 bits per heavy atom. The van der Waals surface area contributed by atoms with Crippen LogP contribution in [0.25, 0.3) is 11.0 Å². The maximum absolute atomic E-state index is 12.8. The van der Waals surface area contributed by atoms with Crippen LogP contribution in [0.1, 0.15) is 26.5 Å². The van der Waals surface area contributed by atoms with Crippen LogP contribution >= 0.6 is 0 Å². The zero-order valence-electron chi connectivity index (χ0n) is 16.8. The largest absolute Gasteiger partial charge is 0.489 e. The van der Waals surface area contributed by atoms with Gasteiger partial charge in [0.1, 0.15) is 17.9 Å². The molecule has 4 aromatic rings. The minimum atomic E-state index is -0.350. The molecule has 0 spiro atoms. The SMILES string of the molecule is O=C(NCCNC(=O)c1oc2ccccc2c1COc1ccccc1)c1ccccc1. The predicted molar refractivity (Wildman–Crippen MR) is 118 cm³/mol.